The molecule has 19 heavy (non-hydrogen) atoms. The van der Waals surface area contributed by atoms with Gasteiger partial charge in [-0.2, -0.15) is 0 Å². The van der Waals surface area contributed by atoms with Gasteiger partial charge in [0.25, 0.3) is 0 Å². The molecule has 1 unspecified atom stereocenters. The highest BCUT2D eigenvalue weighted by Gasteiger charge is 2.22. The summed E-state index contributed by atoms with van der Waals surface area (Å²) in [5.74, 6) is 1.92. The van der Waals surface area contributed by atoms with E-state index in [0.29, 0.717) is 0 Å². The van der Waals surface area contributed by atoms with Crippen LogP contribution >= 0.6 is 0 Å². The number of nitrogens with zero attached hydrogens (tertiary/aromatic N) is 4. The summed E-state index contributed by atoms with van der Waals surface area (Å²) in [6, 6.07) is 10.5. The summed E-state index contributed by atoms with van der Waals surface area (Å²) in [4.78, 5) is 2.39. The van der Waals surface area contributed by atoms with Crippen LogP contribution in [0.2, 0.25) is 0 Å². The second kappa shape index (κ2) is 5.11. The van der Waals surface area contributed by atoms with Crippen LogP contribution < -0.4 is 5.73 Å². The predicted molar refractivity (Wildman–Crippen MR) is 73.2 cm³/mol. The third-order valence-electron chi connectivity index (χ3n) is 3.52. The molecule has 0 bridgehead atoms. The fourth-order valence-corrected chi connectivity index (χ4v) is 2.54. The fourth-order valence-electron chi connectivity index (χ4n) is 2.54. The molecule has 1 aliphatic heterocycles. The van der Waals surface area contributed by atoms with E-state index in [0.717, 1.165) is 37.8 Å². The molecule has 3 rings (SSSR count). The lowest BCUT2D eigenvalue weighted by Crippen LogP contribution is -2.34. The zero-order valence-electron chi connectivity index (χ0n) is 11.2. The Morgan fingerprint density at radius 1 is 1.21 bits per heavy atom. The molecule has 2 N–H and O–H groups in total. The van der Waals surface area contributed by atoms with Crippen molar-refractivity contribution in [1.82, 2.24) is 19.7 Å². The largest absolute Gasteiger partial charge is 0.322 e. The molecule has 5 nitrogen and oxygen atoms in total. The van der Waals surface area contributed by atoms with Crippen molar-refractivity contribution in [2.24, 2.45) is 5.73 Å². The zero-order valence-corrected chi connectivity index (χ0v) is 11.2. The Bertz CT molecular complexity index is 546. The normalized spacial score (nSPS) is 17.2. The topological polar surface area (TPSA) is 60.0 Å². The Labute approximate surface area is 113 Å². The van der Waals surface area contributed by atoms with Crippen LogP contribution in [0.3, 0.4) is 0 Å². The first-order valence-electron chi connectivity index (χ1n) is 6.68. The number of fused-ring (bicyclic) bond motifs is 1. The third kappa shape index (κ3) is 2.52. The SMILES string of the molecule is CC(N)c1nnc2n1CCN(Cc1ccccc1)C2. The van der Waals surface area contributed by atoms with Crippen LogP contribution in [0.25, 0.3) is 0 Å². The molecule has 0 radical (unpaired) electrons. The van der Waals surface area contributed by atoms with E-state index >= 15 is 0 Å². The highest BCUT2D eigenvalue weighted by Crippen LogP contribution is 2.17. The molecule has 0 amide bonds. The quantitative estimate of drug-likeness (QED) is 0.900. The molecule has 0 aliphatic carbocycles. The molecule has 1 aromatic heterocycles. The van der Waals surface area contributed by atoms with Crippen LogP contribution in [-0.2, 0) is 19.6 Å². The van der Waals surface area contributed by atoms with Crippen molar-refractivity contribution in [3.05, 3.63) is 47.5 Å². The Hall–Kier alpha value is -1.72. The summed E-state index contributed by atoms with van der Waals surface area (Å²) in [5.41, 5.74) is 7.24. The lowest BCUT2D eigenvalue weighted by molar-refractivity contribution is 0.206. The number of benzene rings is 1. The minimum atomic E-state index is -0.0538. The molecule has 2 aromatic rings. The molecule has 0 fully saturated rings. The van der Waals surface area contributed by atoms with Gasteiger partial charge in [0, 0.05) is 19.6 Å². The molecule has 2 heterocycles. The van der Waals surface area contributed by atoms with Crippen molar-refractivity contribution in [3.8, 4) is 0 Å². The van der Waals surface area contributed by atoms with E-state index in [2.05, 4.69) is 43.9 Å². The van der Waals surface area contributed by atoms with Crippen LogP contribution in [0.4, 0.5) is 0 Å². The maximum Gasteiger partial charge on any atom is 0.149 e. The smallest absolute Gasteiger partial charge is 0.149 e. The van der Waals surface area contributed by atoms with Crippen molar-refractivity contribution in [2.75, 3.05) is 6.54 Å². The monoisotopic (exact) mass is 257 g/mol. The van der Waals surface area contributed by atoms with Crippen molar-refractivity contribution in [2.45, 2.75) is 32.6 Å². The molecule has 100 valence electrons. The van der Waals surface area contributed by atoms with Gasteiger partial charge in [0.15, 0.2) is 0 Å². The van der Waals surface area contributed by atoms with Crippen LogP contribution in [0.15, 0.2) is 30.3 Å². The van der Waals surface area contributed by atoms with Gasteiger partial charge in [0.2, 0.25) is 0 Å². The average molecular weight is 257 g/mol. The predicted octanol–water partition coefficient (Wildman–Crippen LogP) is 1.31. The summed E-state index contributed by atoms with van der Waals surface area (Å²) >= 11 is 0. The molecule has 0 spiro atoms. The van der Waals surface area contributed by atoms with E-state index in [1.807, 2.05) is 13.0 Å². The minimum Gasteiger partial charge on any atom is -0.322 e. The van der Waals surface area contributed by atoms with Gasteiger partial charge in [-0.3, -0.25) is 4.90 Å². The first-order chi connectivity index (χ1) is 9.24. The van der Waals surface area contributed by atoms with Crippen LogP contribution in [-0.4, -0.2) is 26.2 Å². The highest BCUT2D eigenvalue weighted by molar-refractivity contribution is 5.15. The number of hydrogen-bond donors (Lipinski definition) is 1. The standard InChI is InChI=1S/C14H19N5/c1-11(15)14-17-16-13-10-18(7-8-19(13)14)9-12-5-3-2-4-6-12/h2-6,11H,7-10,15H2,1H3. The second-order valence-electron chi connectivity index (χ2n) is 5.11. The van der Waals surface area contributed by atoms with Crippen LogP contribution in [0, 0.1) is 0 Å². The molecular formula is C14H19N5. The molecule has 1 aliphatic rings. The van der Waals surface area contributed by atoms with E-state index in [-0.39, 0.29) is 6.04 Å². The fraction of sp³-hybridized carbons (Fsp3) is 0.429. The van der Waals surface area contributed by atoms with Gasteiger partial charge < -0.3 is 10.3 Å². The summed E-state index contributed by atoms with van der Waals surface area (Å²) in [6.45, 7) is 5.69. The van der Waals surface area contributed by atoms with Gasteiger partial charge >= 0.3 is 0 Å². The van der Waals surface area contributed by atoms with E-state index < -0.39 is 0 Å². The Morgan fingerprint density at radius 2 is 2.00 bits per heavy atom. The van der Waals surface area contributed by atoms with Gasteiger partial charge in [-0.1, -0.05) is 30.3 Å². The lowest BCUT2D eigenvalue weighted by atomic mass is 10.2. The first kappa shape index (κ1) is 12.3. The van der Waals surface area contributed by atoms with Crippen molar-refractivity contribution < 1.29 is 0 Å². The van der Waals surface area contributed by atoms with Crippen LogP contribution in [0.5, 0.6) is 0 Å². The van der Waals surface area contributed by atoms with Crippen LogP contribution in [0.1, 0.15) is 30.2 Å². The summed E-state index contributed by atoms with van der Waals surface area (Å²) in [6.07, 6.45) is 0. The Balaban J connectivity index is 1.73. The summed E-state index contributed by atoms with van der Waals surface area (Å²) in [7, 11) is 0. The van der Waals surface area contributed by atoms with Crippen molar-refractivity contribution in [3.63, 3.8) is 0 Å². The Kier molecular flexibility index (Phi) is 3.31. The molecule has 1 atom stereocenters. The molecule has 0 saturated carbocycles. The molecule has 0 saturated heterocycles. The van der Waals surface area contributed by atoms with E-state index in [1.54, 1.807) is 0 Å². The molecule has 5 heteroatoms. The van der Waals surface area contributed by atoms with Gasteiger partial charge in [-0.25, -0.2) is 0 Å². The third-order valence-corrected chi connectivity index (χ3v) is 3.52. The van der Waals surface area contributed by atoms with Gasteiger partial charge in [0.1, 0.15) is 11.6 Å². The van der Waals surface area contributed by atoms with Gasteiger partial charge in [0.05, 0.1) is 12.6 Å². The van der Waals surface area contributed by atoms with Crippen molar-refractivity contribution >= 4 is 0 Å². The van der Waals surface area contributed by atoms with Gasteiger partial charge in [-0.15, -0.1) is 10.2 Å². The number of hydrogen-bond acceptors (Lipinski definition) is 4. The Morgan fingerprint density at radius 3 is 2.74 bits per heavy atom. The average Bonchev–Trinajstić information content (AvgIpc) is 2.83. The summed E-state index contributed by atoms with van der Waals surface area (Å²) < 4.78 is 2.16. The number of rotatable bonds is 3. The van der Waals surface area contributed by atoms with Crippen molar-refractivity contribution in [1.29, 1.82) is 0 Å². The zero-order chi connectivity index (χ0) is 13.2. The highest BCUT2D eigenvalue weighted by atomic mass is 15.3. The molecule has 1 aromatic carbocycles. The second-order valence-corrected chi connectivity index (χ2v) is 5.11. The minimum absolute atomic E-state index is 0.0538. The maximum absolute atomic E-state index is 5.90. The first-order valence-corrected chi connectivity index (χ1v) is 6.68. The number of nitrogens with two attached hydrogens (primary N) is 1. The lowest BCUT2D eigenvalue weighted by Gasteiger charge is -2.28. The molecular weight excluding hydrogens is 238 g/mol. The summed E-state index contributed by atoms with van der Waals surface area (Å²) in [5, 5.41) is 8.46. The van der Waals surface area contributed by atoms with E-state index in [4.69, 9.17) is 5.73 Å². The van der Waals surface area contributed by atoms with E-state index in [1.165, 1.54) is 5.56 Å². The van der Waals surface area contributed by atoms with Gasteiger partial charge in [-0.05, 0) is 12.5 Å². The van der Waals surface area contributed by atoms with E-state index in [9.17, 15) is 0 Å². The maximum atomic E-state index is 5.90. The number of aromatic nitrogens is 3.